The van der Waals surface area contributed by atoms with Gasteiger partial charge in [-0.15, -0.1) is 0 Å². The van der Waals surface area contributed by atoms with Gasteiger partial charge in [-0.2, -0.15) is 10.2 Å². The first-order valence-electron chi connectivity index (χ1n) is 11.0. The van der Waals surface area contributed by atoms with E-state index in [-0.39, 0.29) is 11.4 Å². The number of hydrogen-bond acceptors (Lipinski definition) is 7. The molecule has 9 nitrogen and oxygen atoms in total. The van der Waals surface area contributed by atoms with Crippen molar-refractivity contribution in [2.75, 3.05) is 0 Å². The standard InChI is InChI=1S/C27H19N7O2/c35-26(33-30-16-18-8-10-22-20(14-18)4-2-12-28-22)24-6-1-7-25(32-24)27(36)34-31-17-19-9-11-23-21(15-19)5-3-13-29-23/h1-17H,(H,33,35)(H,34,36)/b30-16+,31-17+. The third-order valence-electron chi connectivity index (χ3n) is 5.23. The molecule has 0 bridgehead atoms. The molecule has 0 aliphatic heterocycles. The predicted molar refractivity (Wildman–Crippen MR) is 138 cm³/mol. The van der Waals surface area contributed by atoms with Crippen molar-refractivity contribution in [2.24, 2.45) is 10.2 Å². The van der Waals surface area contributed by atoms with E-state index in [0.717, 1.165) is 32.9 Å². The van der Waals surface area contributed by atoms with Crippen LogP contribution in [0.3, 0.4) is 0 Å². The zero-order valence-electron chi connectivity index (χ0n) is 18.9. The minimum absolute atomic E-state index is 0.0496. The van der Waals surface area contributed by atoms with Crippen LogP contribution in [0, 0.1) is 0 Å². The second-order valence-corrected chi connectivity index (χ2v) is 7.72. The first kappa shape index (κ1) is 22.5. The average molecular weight is 473 g/mol. The number of carbonyl (C=O) groups excluding carboxylic acids is 2. The molecule has 2 N–H and O–H groups in total. The SMILES string of the molecule is O=C(N/N=C/c1ccc2ncccc2c1)c1cccc(C(=O)N/N=C/c2ccc3ncccc3c2)n1. The Bertz CT molecular complexity index is 1530. The van der Waals surface area contributed by atoms with Crippen molar-refractivity contribution >= 4 is 46.0 Å². The van der Waals surface area contributed by atoms with E-state index in [1.165, 1.54) is 24.6 Å². The highest BCUT2D eigenvalue weighted by Crippen LogP contribution is 2.13. The van der Waals surface area contributed by atoms with Crippen molar-refractivity contribution < 1.29 is 9.59 Å². The van der Waals surface area contributed by atoms with Crippen molar-refractivity contribution in [3.8, 4) is 0 Å². The number of pyridine rings is 3. The van der Waals surface area contributed by atoms with Crippen molar-refractivity contribution in [1.82, 2.24) is 25.8 Å². The summed E-state index contributed by atoms with van der Waals surface area (Å²) in [6.45, 7) is 0. The molecule has 9 heteroatoms. The van der Waals surface area contributed by atoms with Gasteiger partial charge in [0, 0.05) is 23.2 Å². The number of rotatable bonds is 6. The summed E-state index contributed by atoms with van der Waals surface area (Å²) in [7, 11) is 0. The third kappa shape index (κ3) is 5.26. The number of benzene rings is 2. The molecule has 3 aromatic heterocycles. The molecule has 0 radical (unpaired) electrons. The normalized spacial score (nSPS) is 11.3. The largest absolute Gasteiger partial charge is 0.289 e. The lowest BCUT2D eigenvalue weighted by Gasteiger charge is -2.03. The summed E-state index contributed by atoms with van der Waals surface area (Å²) in [6, 6.07) is 23.4. The van der Waals surface area contributed by atoms with Crippen molar-refractivity contribution in [3.63, 3.8) is 0 Å². The Balaban J connectivity index is 1.20. The maximum absolute atomic E-state index is 12.5. The second kappa shape index (κ2) is 10.3. The van der Waals surface area contributed by atoms with Crippen LogP contribution in [-0.2, 0) is 0 Å². The van der Waals surface area contributed by atoms with Gasteiger partial charge in [0.15, 0.2) is 0 Å². The molecule has 3 heterocycles. The topological polar surface area (TPSA) is 122 Å². The van der Waals surface area contributed by atoms with Crippen LogP contribution >= 0.6 is 0 Å². The molecular formula is C27H19N7O2. The van der Waals surface area contributed by atoms with Crippen LogP contribution in [0.4, 0.5) is 0 Å². The smallest absolute Gasteiger partial charge is 0.266 e. The highest BCUT2D eigenvalue weighted by Gasteiger charge is 2.11. The van der Waals surface area contributed by atoms with E-state index >= 15 is 0 Å². The first-order chi connectivity index (χ1) is 17.7. The maximum Gasteiger partial charge on any atom is 0.289 e. The zero-order chi connectivity index (χ0) is 24.7. The number of nitrogens with zero attached hydrogens (tertiary/aromatic N) is 5. The van der Waals surface area contributed by atoms with Crippen molar-refractivity contribution in [2.45, 2.75) is 0 Å². The van der Waals surface area contributed by atoms with Crippen LogP contribution in [0.2, 0.25) is 0 Å². The molecule has 2 aromatic carbocycles. The molecule has 36 heavy (non-hydrogen) atoms. The summed E-state index contributed by atoms with van der Waals surface area (Å²) >= 11 is 0. The molecule has 0 atom stereocenters. The molecule has 0 unspecified atom stereocenters. The zero-order valence-corrected chi connectivity index (χ0v) is 18.9. The second-order valence-electron chi connectivity index (χ2n) is 7.72. The van der Waals surface area contributed by atoms with E-state index in [1.807, 2.05) is 60.7 Å². The summed E-state index contributed by atoms with van der Waals surface area (Å²) in [5.41, 5.74) is 8.30. The average Bonchev–Trinajstić information content (AvgIpc) is 2.93. The minimum Gasteiger partial charge on any atom is -0.266 e. The van der Waals surface area contributed by atoms with Crippen LogP contribution in [0.25, 0.3) is 21.8 Å². The van der Waals surface area contributed by atoms with Gasteiger partial charge in [0.25, 0.3) is 11.8 Å². The molecular weight excluding hydrogens is 454 g/mol. The monoisotopic (exact) mass is 473 g/mol. The van der Waals surface area contributed by atoms with Crippen molar-refractivity contribution in [3.05, 3.63) is 114 Å². The van der Waals surface area contributed by atoms with E-state index in [2.05, 4.69) is 36.0 Å². The molecule has 0 saturated carbocycles. The number of aromatic nitrogens is 3. The highest BCUT2D eigenvalue weighted by atomic mass is 16.2. The van der Waals surface area contributed by atoms with Crippen LogP contribution in [0.15, 0.2) is 101 Å². The predicted octanol–water partition coefficient (Wildman–Crippen LogP) is 3.71. The summed E-state index contributed by atoms with van der Waals surface area (Å²) in [4.78, 5) is 37.6. The molecule has 0 fully saturated rings. The summed E-state index contributed by atoms with van der Waals surface area (Å²) in [5.74, 6) is -1.09. The van der Waals surface area contributed by atoms with Gasteiger partial charge in [-0.1, -0.05) is 30.3 Å². The summed E-state index contributed by atoms with van der Waals surface area (Å²) in [5, 5.41) is 9.91. The number of hydrogen-bond donors (Lipinski definition) is 2. The van der Waals surface area contributed by atoms with E-state index in [9.17, 15) is 9.59 Å². The number of carbonyl (C=O) groups is 2. The molecule has 2 amide bonds. The number of nitrogens with one attached hydrogen (secondary N) is 2. The molecule has 174 valence electrons. The van der Waals surface area contributed by atoms with Crippen LogP contribution in [-0.4, -0.2) is 39.2 Å². The molecule has 5 aromatic rings. The van der Waals surface area contributed by atoms with Gasteiger partial charge in [0.2, 0.25) is 0 Å². The van der Waals surface area contributed by atoms with Gasteiger partial charge in [-0.25, -0.2) is 15.8 Å². The minimum atomic E-state index is -0.545. The van der Waals surface area contributed by atoms with E-state index < -0.39 is 11.8 Å². The van der Waals surface area contributed by atoms with Gasteiger partial charge < -0.3 is 0 Å². The molecule has 0 spiro atoms. The fraction of sp³-hybridized carbons (Fsp3) is 0. The molecule has 0 aliphatic rings. The fourth-order valence-electron chi connectivity index (χ4n) is 3.48. The number of amides is 2. The van der Waals surface area contributed by atoms with Gasteiger partial charge in [0.1, 0.15) is 11.4 Å². The molecule has 0 aliphatic carbocycles. The van der Waals surface area contributed by atoms with Crippen LogP contribution in [0.5, 0.6) is 0 Å². The highest BCUT2D eigenvalue weighted by molar-refractivity contribution is 5.97. The lowest BCUT2D eigenvalue weighted by atomic mass is 10.1. The molecule has 5 rings (SSSR count). The fourth-order valence-corrected chi connectivity index (χ4v) is 3.48. The Labute approximate surface area is 205 Å². The Hall–Kier alpha value is -5.31. The lowest BCUT2D eigenvalue weighted by Crippen LogP contribution is -2.23. The third-order valence-corrected chi connectivity index (χ3v) is 5.23. The number of fused-ring (bicyclic) bond motifs is 2. The summed E-state index contributed by atoms with van der Waals surface area (Å²) in [6.07, 6.45) is 6.51. The quantitative estimate of drug-likeness (QED) is 0.288. The molecule has 0 saturated heterocycles. The lowest BCUT2D eigenvalue weighted by molar-refractivity contribution is 0.0945. The Kier molecular flexibility index (Phi) is 6.44. The Morgan fingerprint density at radius 2 is 1.14 bits per heavy atom. The Morgan fingerprint density at radius 3 is 1.64 bits per heavy atom. The van der Waals surface area contributed by atoms with E-state index in [4.69, 9.17) is 0 Å². The maximum atomic E-state index is 12.5. The summed E-state index contributed by atoms with van der Waals surface area (Å²) < 4.78 is 0. The first-order valence-corrected chi connectivity index (χ1v) is 11.0. The van der Waals surface area contributed by atoms with E-state index in [0.29, 0.717) is 0 Å². The Morgan fingerprint density at radius 1 is 0.639 bits per heavy atom. The van der Waals surface area contributed by atoms with Crippen LogP contribution in [0.1, 0.15) is 32.1 Å². The van der Waals surface area contributed by atoms with Crippen LogP contribution < -0.4 is 10.9 Å². The van der Waals surface area contributed by atoms with E-state index in [1.54, 1.807) is 18.5 Å². The van der Waals surface area contributed by atoms with Gasteiger partial charge in [-0.3, -0.25) is 19.6 Å². The number of hydrazone groups is 2. The van der Waals surface area contributed by atoms with Gasteiger partial charge >= 0.3 is 0 Å². The van der Waals surface area contributed by atoms with Crippen molar-refractivity contribution in [1.29, 1.82) is 0 Å². The van der Waals surface area contributed by atoms with Gasteiger partial charge in [-0.05, 0) is 59.7 Å². The van der Waals surface area contributed by atoms with Gasteiger partial charge in [0.05, 0.1) is 23.5 Å².